The number of aromatic nitrogens is 2. The number of hydrogen-bond acceptors (Lipinski definition) is 6. The Bertz CT molecular complexity index is 1410. The zero-order valence-corrected chi connectivity index (χ0v) is 29.2. The Hall–Kier alpha value is -2.40. The molecule has 0 amide bonds. The van der Waals surface area contributed by atoms with Crippen LogP contribution in [-0.2, 0) is 19.8 Å². The average Bonchev–Trinajstić information content (AvgIpc) is 2.94. The molecular formula is C34H44ClF2LiN3O3P. The molecule has 1 N–H and O–H groups in total. The van der Waals surface area contributed by atoms with Crippen molar-refractivity contribution in [1.82, 2.24) is 15.3 Å². The first-order valence-electron chi connectivity index (χ1n) is 14.5. The van der Waals surface area contributed by atoms with E-state index < -0.39 is 7.60 Å². The number of nitrogens with one attached hydrogen (secondary N) is 1. The van der Waals surface area contributed by atoms with Crippen molar-refractivity contribution in [2.75, 3.05) is 13.2 Å². The summed E-state index contributed by atoms with van der Waals surface area (Å²) in [5.41, 5.74) is 4.92. The number of pyridine rings is 2. The van der Waals surface area contributed by atoms with Gasteiger partial charge in [-0.1, -0.05) is 64.1 Å². The van der Waals surface area contributed by atoms with Gasteiger partial charge in [0.25, 0.3) is 0 Å². The molecule has 2 aromatic heterocycles. The van der Waals surface area contributed by atoms with Gasteiger partial charge in [0, 0.05) is 41.3 Å². The SMILES string of the molecule is CC(C)NC(C)C.CCOP(=O)(Cc1ccc(-c2cccc(F)c2)cn1)OCC.Cc1ccc(-c2cccc(F)c2)cn1.[Cl-].[Li+]. The molecule has 0 aliphatic rings. The largest absolute Gasteiger partial charge is 1.00 e. The molecule has 45 heavy (non-hydrogen) atoms. The van der Waals surface area contributed by atoms with Crippen LogP contribution in [0.1, 0.15) is 52.9 Å². The van der Waals surface area contributed by atoms with Crippen molar-refractivity contribution >= 4 is 7.60 Å². The number of benzene rings is 2. The third kappa shape index (κ3) is 16.6. The third-order valence-corrected chi connectivity index (χ3v) is 7.74. The van der Waals surface area contributed by atoms with Crippen molar-refractivity contribution in [3.05, 3.63) is 108 Å². The summed E-state index contributed by atoms with van der Waals surface area (Å²) < 4.78 is 49.1. The van der Waals surface area contributed by atoms with Crippen LogP contribution in [0.3, 0.4) is 0 Å². The van der Waals surface area contributed by atoms with Gasteiger partial charge in [0.05, 0.1) is 25.1 Å². The number of aryl methyl sites for hydroxylation is 1. The minimum absolute atomic E-state index is 0. The van der Waals surface area contributed by atoms with Gasteiger partial charge < -0.3 is 26.8 Å². The van der Waals surface area contributed by atoms with Crippen molar-refractivity contribution in [3.8, 4) is 22.3 Å². The van der Waals surface area contributed by atoms with Crippen LogP contribution in [-0.4, -0.2) is 35.3 Å². The Balaban J connectivity index is 0.000000722. The summed E-state index contributed by atoms with van der Waals surface area (Å²) in [5.74, 6) is -0.512. The maximum atomic E-state index is 13.2. The van der Waals surface area contributed by atoms with Crippen LogP contribution in [0.15, 0.2) is 85.2 Å². The number of rotatable bonds is 10. The first kappa shape index (κ1) is 42.6. The quantitative estimate of drug-likeness (QED) is 0.209. The van der Waals surface area contributed by atoms with E-state index in [1.807, 2.05) is 37.3 Å². The molecule has 6 nitrogen and oxygen atoms in total. The first-order chi connectivity index (χ1) is 20.4. The zero-order chi connectivity index (χ0) is 31.8. The molecule has 11 heteroatoms. The molecule has 0 aliphatic heterocycles. The molecule has 0 bridgehead atoms. The molecular weight excluding hydrogens is 610 g/mol. The van der Waals surface area contributed by atoms with Crippen molar-refractivity contribution in [2.45, 2.75) is 66.7 Å². The van der Waals surface area contributed by atoms with Crippen molar-refractivity contribution in [2.24, 2.45) is 0 Å². The fraction of sp³-hybridized carbons (Fsp3) is 0.353. The maximum Gasteiger partial charge on any atom is 1.00 e. The second kappa shape index (κ2) is 22.2. The fourth-order valence-corrected chi connectivity index (χ4v) is 5.68. The van der Waals surface area contributed by atoms with E-state index in [1.165, 1.54) is 24.3 Å². The topological polar surface area (TPSA) is 73.3 Å². The van der Waals surface area contributed by atoms with E-state index in [0.29, 0.717) is 31.0 Å². The molecule has 0 atom stereocenters. The van der Waals surface area contributed by atoms with E-state index in [9.17, 15) is 13.3 Å². The van der Waals surface area contributed by atoms with E-state index in [2.05, 4.69) is 43.0 Å². The van der Waals surface area contributed by atoms with Crippen LogP contribution in [0.4, 0.5) is 8.78 Å². The summed E-state index contributed by atoms with van der Waals surface area (Å²) in [6.07, 6.45) is 3.51. The molecule has 0 spiro atoms. The van der Waals surface area contributed by atoms with Gasteiger partial charge in [-0.2, -0.15) is 0 Å². The van der Waals surface area contributed by atoms with Crippen LogP contribution >= 0.6 is 7.60 Å². The van der Waals surface area contributed by atoms with Crippen LogP contribution in [0.2, 0.25) is 0 Å². The average molecular weight is 654 g/mol. The van der Waals surface area contributed by atoms with Crippen molar-refractivity contribution < 1.29 is 53.7 Å². The van der Waals surface area contributed by atoms with Crippen LogP contribution in [0.25, 0.3) is 22.3 Å². The summed E-state index contributed by atoms with van der Waals surface area (Å²) in [7, 11) is -3.16. The molecule has 4 aromatic rings. The number of hydrogen-bond donors (Lipinski definition) is 1. The summed E-state index contributed by atoms with van der Waals surface area (Å²) in [5, 5.41) is 3.31. The fourth-order valence-electron chi connectivity index (χ4n) is 4.05. The van der Waals surface area contributed by atoms with Gasteiger partial charge in [-0.3, -0.25) is 14.5 Å². The van der Waals surface area contributed by atoms with Crippen LogP contribution in [0, 0.1) is 18.6 Å². The summed E-state index contributed by atoms with van der Waals surface area (Å²) in [6.45, 7) is 14.7. The molecule has 0 fully saturated rings. The van der Waals surface area contributed by atoms with Crippen LogP contribution < -0.4 is 36.6 Å². The molecule has 0 saturated carbocycles. The maximum absolute atomic E-state index is 13.2. The molecule has 0 unspecified atom stereocenters. The minimum Gasteiger partial charge on any atom is -1.00 e. The summed E-state index contributed by atoms with van der Waals surface area (Å²) in [4.78, 5) is 8.44. The predicted molar refractivity (Wildman–Crippen MR) is 172 cm³/mol. The van der Waals surface area contributed by atoms with Gasteiger partial charge in [-0.05, 0) is 68.3 Å². The molecule has 0 radical (unpaired) electrons. The molecule has 0 aliphatic carbocycles. The van der Waals surface area contributed by atoms with Crippen LogP contribution in [0.5, 0.6) is 0 Å². The van der Waals surface area contributed by atoms with Crippen molar-refractivity contribution in [1.29, 1.82) is 0 Å². The second-order valence-electron chi connectivity index (χ2n) is 10.3. The molecule has 4 rings (SSSR count). The van der Waals surface area contributed by atoms with Gasteiger partial charge >= 0.3 is 26.5 Å². The standard InChI is InChI=1S/C16H19FNO3P.C12H10FN.C6H15N.ClH.Li/c1-3-20-22(19,21-4-2)12-16-9-8-14(11-18-16)13-6-5-7-15(17)10-13;1-9-5-6-11(8-14-9)10-3-2-4-12(13)7-10;1-5(2)7-6(3)4;;/h5-11H,3-4,12H2,1-2H3;2-8H,1H3;5-7H,1-4H3;1H;/q;;;;+1/p-1. The summed E-state index contributed by atoms with van der Waals surface area (Å²) in [6, 6.07) is 21.5. The minimum atomic E-state index is -3.16. The molecule has 2 aromatic carbocycles. The Labute approximate surface area is 285 Å². The molecule has 2 heterocycles. The Kier molecular flexibility index (Phi) is 21.0. The van der Waals surface area contributed by atoms with E-state index in [1.54, 1.807) is 44.4 Å². The predicted octanol–water partition coefficient (Wildman–Crippen LogP) is 3.25. The van der Waals surface area contributed by atoms with Gasteiger partial charge in [-0.25, -0.2) is 8.78 Å². The van der Waals surface area contributed by atoms with Gasteiger partial charge in [0.2, 0.25) is 0 Å². The Morgan fingerprint density at radius 1 is 0.733 bits per heavy atom. The third-order valence-electron chi connectivity index (χ3n) is 5.73. The number of halogens is 3. The summed E-state index contributed by atoms with van der Waals surface area (Å²) >= 11 is 0. The Morgan fingerprint density at radius 2 is 1.20 bits per heavy atom. The second-order valence-corrected chi connectivity index (χ2v) is 12.4. The van der Waals surface area contributed by atoms with E-state index >= 15 is 0 Å². The molecule has 240 valence electrons. The van der Waals surface area contributed by atoms with E-state index in [-0.39, 0.29) is 49.1 Å². The molecule has 0 saturated heterocycles. The monoisotopic (exact) mass is 653 g/mol. The van der Waals surface area contributed by atoms with E-state index in [0.717, 1.165) is 27.9 Å². The zero-order valence-electron chi connectivity index (χ0n) is 27.6. The van der Waals surface area contributed by atoms with E-state index in [4.69, 9.17) is 9.05 Å². The van der Waals surface area contributed by atoms with Gasteiger partial charge in [-0.15, -0.1) is 0 Å². The van der Waals surface area contributed by atoms with Gasteiger partial charge in [0.1, 0.15) is 11.6 Å². The first-order valence-corrected chi connectivity index (χ1v) is 16.2. The number of nitrogens with zero attached hydrogens (tertiary/aromatic N) is 2. The van der Waals surface area contributed by atoms with Crippen molar-refractivity contribution in [3.63, 3.8) is 0 Å². The smallest absolute Gasteiger partial charge is 1.00 e. The Morgan fingerprint density at radius 3 is 1.53 bits per heavy atom. The normalized spacial score (nSPS) is 10.6. The van der Waals surface area contributed by atoms with Gasteiger partial charge in [0.15, 0.2) is 0 Å².